The molecule has 0 aliphatic heterocycles. The van der Waals surface area contributed by atoms with Crippen LogP contribution in [0.3, 0.4) is 0 Å². The van der Waals surface area contributed by atoms with Crippen LogP contribution in [0.2, 0.25) is 0 Å². The van der Waals surface area contributed by atoms with E-state index in [2.05, 4.69) is 10.2 Å². The van der Waals surface area contributed by atoms with E-state index in [0.29, 0.717) is 22.6 Å². The first-order chi connectivity index (χ1) is 11.6. The van der Waals surface area contributed by atoms with Gasteiger partial charge < -0.3 is 4.74 Å². The highest BCUT2D eigenvalue weighted by Crippen LogP contribution is 2.38. The minimum atomic E-state index is -2.66. The van der Waals surface area contributed by atoms with Crippen molar-refractivity contribution in [3.63, 3.8) is 0 Å². The Hall–Kier alpha value is -2.34. The summed E-state index contributed by atoms with van der Waals surface area (Å²) in [4.78, 5) is 1.11. The number of rotatable bonds is 5. The van der Waals surface area contributed by atoms with Crippen molar-refractivity contribution >= 4 is 11.8 Å². The number of benzene rings is 2. The number of ether oxygens (including phenoxy) is 1. The van der Waals surface area contributed by atoms with Crippen molar-refractivity contribution in [2.24, 2.45) is 0 Å². The molecule has 0 aliphatic carbocycles. The van der Waals surface area contributed by atoms with Crippen LogP contribution in [0.25, 0.3) is 22.4 Å². The summed E-state index contributed by atoms with van der Waals surface area (Å²) in [5, 5.41) is 6.61. The SMILES string of the molecule is COc1ccc(-c2c(C(F)F)n[nH]c2-c2ccc(SC)cc2)cc1. The third-order valence-electron chi connectivity index (χ3n) is 3.76. The molecule has 0 aliphatic rings. The van der Waals surface area contributed by atoms with E-state index in [9.17, 15) is 8.78 Å². The van der Waals surface area contributed by atoms with Crippen molar-refractivity contribution in [1.29, 1.82) is 0 Å². The number of H-pyrrole nitrogens is 1. The van der Waals surface area contributed by atoms with Crippen LogP contribution in [0.4, 0.5) is 8.78 Å². The number of hydrogen-bond donors (Lipinski definition) is 1. The predicted octanol–water partition coefficient (Wildman–Crippen LogP) is 5.41. The lowest BCUT2D eigenvalue weighted by atomic mass is 9.99. The van der Waals surface area contributed by atoms with E-state index in [1.807, 2.05) is 30.5 Å². The molecule has 3 rings (SSSR count). The van der Waals surface area contributed by atoms with E-state index >= 15 is 0 Å². The van der Waals surface area contributed by atoms with Gasteiger partial charge in [-0.25, -0.2) is 8.78 Å². The second-order valence-electron chi connectivity index (χ2n) is 5.12. The van der Waals surface area contributed by atoms with Gasteiger partial charge in [0.25, 0.3) is 6.43 Å². The molecule has 6 heteroatoms. The number of thioether (sulfide) groups is 1. The normalized spacial score (nSPS) is 11.0. The van der Waals surface area contributed by atoms with Gasteiger partial charge in [-0.3, -0.25) is 5.10 Å². The van der Waals surface area contributed by atoms with Gasteiger partial charge in [0.05, 0.1) is 12.8 Å². The fourth-order valence-electron chi connectivity index (χ4n) is 2.53. The van der Waals surface area contributed by atoms with Crippen molar-refractivity contribution < 1.29 is 13.5 Å². The molecule has 1 aromatic heterocycles. The summed E-state index contributed by atoms with van der Waals surface area (Å²) >= 11 is 1.63. The number of alkyl halides is 2. The summed E-state index contributed by atoms with van der Waals surface area (Å²) in [5.74, 6) is 0.673. The Labute approximate surface area is 143 Å². The molecule has 1 heterocycles. The molecule has 0 bridgehead atoms. The van der Waals surface area contributed by atoms with Crippen LogP contribution in [0.5, 0.6) is 5.75 Å². The van der Waals surface area contributed by atoms with Crippen LogP contribution in [-0.4, -0.2) is 23.6 Å². The van der Waals surface area contributed by atoms with Crippen LogP contribution in [-0.2, 0) is 0 Å². The number of aromatic amines is 1. The molecule has 0 radical (unpaired) electrons. The minimum Gasteiger partial charge on any atom is -0.497 e. The highest BCUT2D eigenvalue weighted by Gasteiger charge is 2.23. The number of hydrogen-bond acceptors (Lipinski definition) is 3. The highest BCUT2D eigenvalue weighted by molar-refractivity contribution is 7.98. The lowest BCUT2D eigenvalue weighted by molar-refractivity contribution is 0.146. The fourth-order valence-corrected chi connectivity index (χ4v) is 2.94. The first-order valence-electron chi connectivity index (χ1n) is 7.29. The summed E-state index contributed by atoms with van der Waals surface area (Å²) in [6.07, 6.45) is -0.666. The van der Waals surface area contributed by atoms with Gasteiger partial charge >= 0.3 is 0 Å². The van der Waals surface area contributed by atoms with Crippen LogP contribution < -0.4 is 4.74 Å². The zero-order valence-electron chi connectivity index (χ0n) is 13.2. The van der Waals surface area contributed by atoms with Crippen molar-refractivity contribution in [3.8, 4) is 28.1 Å². The number of methoxy groups -OCH3 is 1. The average Bonchev–Trinajstić information content (AvgIpc) is 3.07. The van der Waals surface area contributed by atoms with Crippen LogP contribution in [0.15, 0.2) is 53.4 Å². The maximum Gasteiger partial charge on any atom is 0.282 e. The number of nitrogens with one attached hydrogen (secondary N) is 1. The summed E-state index contributed by atoms with van der Waals surface area (Å²) in [6, 6.07) is 14.7. The van der Waals surface area contributed by atoms with E-state index in [1.165, 1.54) is 0 Å². The van der Waals surface area contributed by atoms with Crippen molar-refractivity contribution in [2.75, 3.05) is 13.4 Å². The quantitative estimate of drug-likeness (QED) is 0.628. The topological polar surface area (TPSA) is 37.9 Å². The van der Waals surface area contributed by atoms with Gasteiger partial charge in [0, 0.05) is 16.0 Å². The zero-order chi connectivity index (χ0) is 17.1. The lowest BCUT2D eigenvalue weighted by Gasteiger charge is -2.08. The standard InChI is InChI=1S/C18H16F2N2OS/c1-23-13-7-3-11(4-8-13)15-16(21-22-17(15)18(19)20)12-5-9-14(24-2)10-6-12/h3-10,18H,1-2H3,(H,21,22). The third kappa shape index (κ3) is 3.14. The minimum absolute atomic E-state index is 0.246. The molecule has 0 spiro atoms. The third-order valence-corrected chi connectivity index (χ3v) is 4.50. The number of aromatic nitrogens is 2. The molecule has 0 atom stereocenters. The zero-order valence-corrected chi connectivity index (χ0v) is 14.0. The van der Waals surface area contributed by atoms with Gasteiger partial charge in [0.1, 0.15) is 11.4 Å². The van der Waals surface area contributed by atoms with Gasteiger partial charge in [-0.1, -0.05) is 24.3 Å². The predicted molar refractivity (Wildman–Crippen MR) is 92.7 cm³/mol. The van der Waals surface area contributed by atoms with Gasteiger partial charge in [0.15, 0.2) is 0 Å². The molecule has 24 heavy (non-hydrogen) atoms. The Kier molecular flexibility index (Phi) is 4.85. The molecule has 0 unspecified atom stereocenters. The molecule has 0 fully saturated rings. The summed E-state index contributed by atoms with van der Waals surface area (Å²) in [6.45, 7) is 0. The largest absolute Gasteiger partial charge is 0.497 e. The second kappa shape index (κ2) is 7.05. The van der Waals surface area contributed by atoms with Gasteiger partial charge in [-0.2, -0.15) is 5.10 Å². The Morgan fingerprint density at radius 3 is 2.17 bits per heavy atom. The monoisotopic (exact) mass is 346 g/mol. The molecule has 0 saturated heterocycles. The fraction of sp³-hybridized carbons (Fsp3) is 0.167. The molecule has 2 aromatic carbocycles. The molecule has 3 nitrogen and oxygen atoms in total. The van der Waals surface area contributed by atoms with Crippen LogP contribution >= 0.6 is 11.8 Å². The Balaban J connectivity index is 2.12. The highest BCUT2D eigenvalue weighted by atomic mass is 32.2. The molecule has 3 aromatic rings. The van der Waals surface area contributed by atoms with E-state index < -0.39 is 6.43 Å². The van der Waals surface area contributed by atoms with Crippen molar-refractivity contribution in [2.45, 2.75) is 11.3 Å². The maximum absolute atomic E-state index is 13.4. The van der Waals surface area contributed by atoms with Crippen molar-refractivity contribution in [3.05, 3.63) is 54.2 Å². The summed E-state index contributed by atoms with van der Waals surface area (Å²) < 4.78 is 31.9. The van der Waals surface area contributed by atoms with Crippen molar-refractivity contribution in [1.82, 2.24) is 10.2 Å². The molecular formula is C18H16F2N2OS. The Morgan fingerprint density at radius 1 is 1.00 bits per heavy atom. The van der Waals surface area contributed by atoms with E-state index in [-0.39, 0.29) is 5.69 Å². The van der Waals surface area contributed by atoms with Gasteiger partial charge in [0.2, 0.25) is 0 Å². The van der Waals surface area contributed by atoms with Gasteiger partial charge in [-0.15, -0.1) is 11.8 Å². The van der Waals surface area contributed by atoms with Gasteiger partial charge in [-0.05, 0) is 36.1 Å². The van der Waals surface area contributed by atoms with E-state index in [0.717, 1.165) is 10.5 Å². The van der Waals surface area contributed by atoms with Crippen LogP contribution in [0.1, 0.15) is 12.1 Å². The molecule has 124 valence electrons. The number of nitrogens with zero attached hydrogens (tertiary/aromatic N) is 1. The lowest BCUT2D eigenvalue weighted by Crippen LogP contribution is -1.90. The Morgan fingerprint density at radius 2 is 1.62 bits per heavy atom. The molecular weight excluding hydrogens is 330 g/mol. The second-order valence-corrected chi connectivity index (χ2v) is 6.00. The molecule has 1 N–H and O–H groups in total. The summed E-state index contributed by atoms with van der Waals surface area (Å²) in [5.41, 5.74) is 2.25. The van der Waals surface area contributed by atoms with E-state index in [4.69, 9.17) is 4.74 Å². The Bertz CT molecular complexity index is 814. The van der Waals surface area contributed by atoms with Crippen LogP contribution in [0, 0.1) is 0 Å². The molecule has 0 saturated carbocycles. The summed E-state index contributed by atoms with van der Waals surface area (Å²) in [7, 11) is 1.57. The maximum atomic E-state index is 13.4. The first kappa shape index (κ1) is 16.5. The average molecular weight is 346 g/mol. The first-order valence-corrected chi connectivity index (χ1v) is 8.51. The number of halogens is 2. The smallest absolute Gasteiger partial charge is 0.282 e. The molecule has 0 amide bonds. The van der Waals surface area contributed by atoms with E-state index in [1.54, 1.807) is 43.1 Å².